The van der Waals surface area contributed by atoms with Gasteiger partial charge in [-0.2, -0.15) is 0 Å². The molecule has 0 N–H and O–H groups in total. The van der Waals surface area contributed by atoms with Crippen molar-refractivity contribution < 1.29 is 18.7 Å². The first-order valence-electron chi connectivity index (χ1n) is 10.6. The van der Waals surface area contributed by atoms with Crippen LogP contribution in [0.3, 0.4) is 0 Å². The highest BCUT2D eigenvalue weighted by Gasteiger charge is 2.20. The number of thioether (sulfide) groups is 1. The number of carbonyl (C=O) groups excluding carboxylic acids is 2. The van der Waals surface area contributed by atoms with Crippen LogP contribution in [0.4, 0.5) is 0 Å². The van der Waals surface area contributed by atoms with Crippen molar-refractivity contribution in [2.24, 2.45) is 0 Å². The van der Waals surface area contributed by atoms with Gasteiger partial charge in [-0.3, -0.25) is 9.36 Å². The Labute approximate surface area is 201 Å². The molecule has 3 aromatic heterocycles. The minimum atomic E-state index is -0.389. The number of esters is 1. The van der Waals surface area contributed by atoms with Crippen LogP contribution in [-0.4, -0.2) is 43.9 Å². The van der Waals surface area contributed by atoms with Gasteiger partial charge in [0.1, 0.15) is 0 Å². The number of hydrogen-bond donors (Lipinski definition) is 0. The van der Waals surface area contributed by atoms with Gasteiger partial charge in [0.25, 0.3) is 0 Å². The van der Waals surface area contributed by atoms with Crippen LogP contribution in [0.2, 0.25) is 0 Å². The van der Waals surface area contributed by atoms with Gasteiger partial charge in [0.2, 0.25) is 5.82 Å². The lowest BCUT2D eigenvalue weighted by molar-refractivity contribution is 0.0600. The van der Waals surface area contributed by atoms with Gasteiger partial charge in [0.05, 0.1) is 24.7 Å². The Bertz CT molecular complexity index is 1330. The molecule has 0 saturated heterocycles. The normalized spacial score (nSPS) is 10.9. The molecule has 0 amide bonds. The Balaban J connectivity index is 1.54. The van der Waals surface area contributed by atoms with E-state index in [0.717, 1.165) is 17.1 Å². The number of rotatable bonds is 9. The zero-order valence-corrected chi connectivity index (χ0v) is 20.0. The number of nitrogens with zero attached hydrogens (tertiary/aromatic N) is 4. The Morgan fingerprint density at radius 3 is 2.59 bits per heavy atom. The Morgan fingerprint density at radius 2 is 1.94 bits per heavy atom. The highest BCUT2D eigenvalue weighted by atomic mass is 32.2. The predicted octanol–water partition coefficient (Wildman–Crippen LogP) is 4.89. The fraction of sp³-hybridized carbons (Fsp3) is 0.200. The van der Waals surface area contributed by atoms with E-state index in [2.05, 4.69) is 16.8 Å². The van der Waals surface area contributed by atoms with Crippen LogP contribution in [0.25, 0.3) is 17.3 Å². The molecular weight excluding hydrogens is 452 g/mol. The second kappa shape index (κ2) is 9.96. The number of benzene rings is 1. The maximum atomic E-state index is 13.1. The minimum absolute atomic E-state index is 0.0109. The SMILES string of the molecule is C=CCn1c(SCC(=O)c2cc(C)n(-c3ccc(C(=O)OC)cc3)c2C)nnc1-c1ccco1. The van der Waals surface area contributed by atoms with Gasteiger partial charge in [-0.1, -0.05) is 17.8 Å². The van der Waals surface area contributed by atoms with Crippen molar-refractivity contribution in [2.45, 2.75) is 25.5 Å². The molecule has 174 valence electrons. The van der Waals surface area contributed by atoms with Gasteiger partial charge in [0, 0.05) is 29.2 Å². The third-order valence-corrected chi connectivity index (χ3v) is 6.35. The quantitative estimate of drug-likeness (QED) is 0.147. The van der Waals surface area contributed by atoms with Crippen molar-refractivity contribution in [3.05, 3.63) is 83.9 Å². The number of ether oxygens (including phenoxy) is 1. The smallest absolute Gasteiger partial charge is 0.337 e. The third kappa shape index (κ3) is 4.47. The van der Waals surface area contributed by atoms with Crippen LogP contribution in [0.5, 0.6) is 0 Å². The number of ketones is 1. The summed E-state index contributed by atoms with van der Waals surface area (Å²) in [5, 5.41) is 9.10. The average Bonchev–Trinajstić information content (AvgIpc) is 3.57. The predicted molar refractivity (Wildman–Crippen MR) is 130 cm³/mol. The molecule has 0 fully saturated rings. The van der Waals surface area contributed by atoms with Crippen LogP contribution >= 0.6 is 11.8 Å². The van der Waals surface area contributed by atoms with Crippen LogP contribution < -0.4 is 0 Å². The van der Waals surface area contributed by atoms with Gasteiger partial charge < -0.3 is 13.7 Å². The van der Waals surface area contributed by atoms with E-state index < -0.39 is 0 Å². The average molecular weight is 477 g/mol. The summed E-state index contributed by atoms with van der Waals surface area (Å²) < 4.78 is 14.1. The molecule has 0 radical (unpaired) electrons. The summed E-state index contributed by atoms with van der Waals surface area (Å²) in [6, 6.07) is 12.6. The Hall–Kier alpha value is -3.85. The zero-order valence-electron chi connectivity index (χ0n) is 19.1. The maximum absolute atomic E-state index is 13.1. The van der Waals surface area contributed by atoms with Gasteiger partial charge in [0.15, 0.2) is 16.7 Å². The molecule has 0 spiro atoms. The fourth-order valence-electron chi connectivity index (χ4n) is 3.79. The Kier molecular flexibility index (Phi) is 6.83. The van der Waals surface area contributed by atoms with Crippen molar-refractivity contribution in [3.8, 4) is 17.3 Å². The summed E-state index contributed by atoms with van der Waals surface area (Å²) in [7, 11) is 1.35. The maximum Gasteiger partial charge on any atom is 0.337 e. The largest absolute Gasteiger partial charge is 0.465 e. The van der Waals surface area contributed by atoms with Crippen LogP contribution in [-0.2, 0) is 11.3 Å². The van der Waals surface area contributed by atoms with Gasteiger partial charge in [-0.25, -0.2) is 4.79 Å². The number of Topliss-reactive ketones (excluding diaryl/α,β-unsaturated/α-hetero) is 1. The van der Waals surface area contributed by atoms with E-state index in [9.17, 15) is 9.59 Å². The lowest BCUT2D eigenvalue weighted by atomic mass is 10.2. The van der Waals surface area contributed by atoms with E-state index in [1.807, 2.05) is 47.2 Å². The van der Waals surface area contributed by atoms with E-state index in [4.69, 9.17) is 9.15 Å². The minimum Gasteiger partial charge on any atom is -0.465 e. The Morgan fingerprint density at radius 1 is 1.18 bits per heavy atom. The summed E-state index contributed by atoms with van der Waals surface area (Å²) in [5.74, 6) is 1.00. The molecule has 0 atom stereocenters. The molecule has 8 nitrogen and oxygen atoms in total. The summed E-state index contributed by atoms with van der Waals surface area (Å²) >= 11 is 1.33. The number of methoxy groups -OCH3 is 1. The molecular formula is C25H24N4O4S. The van der Waals surface area contributed by atoms with Crippen molar-refractivity contribution >= 4 is 23.5 Å². The zero-order chi connectivity index (χ0) is 24.2. The molecule has 0 aliphatic heterocycles. The highest BCUT2D eigenvalue weighted by molar-refractivity contribution is 7.99. The van der Waals surface area contributed by atoms with E-state index in [1.165, 1.54) is 18.9 Å². The number of furan rings is 1. The van der Waals surface area contributed by atoms with Crippen molar-refractivity contribution in [1.29, 1.82) is 0 Å². The second-order valence-corrected chi connectivity index (χ2v) is 8.50. The lowest BCUT2D eigenvalue weighted by Crippen LogP contribution is -2.07. The second-order valence-electron chi connectivity index (χ2n) is 7.55. The molecule has 0 unspecified atom stereocenters. The van der Waals surface area contributed by atoms with Crippen LogP contribution in [0.1, 0.15) is 32.1 Å². The molecule has 1 aromatic carbocycles. The number of aryl methyl sites for hydroxylation is 1. The summed E-state index contributed by atoms with van der Waals surface area (Å²) in [5.41, 5.74) is 3.73. The lowest BCUT2D eigenvalue weighted by Gasteiger charge is -2.10. The van der Waals surface area contributed by atoms with E-state index in [-0.39, 0.29) is 17.5 Å². The van der Waals surface area contributed by atoms with Crippen LogP contribution in [0.15, 0.2) is 71.0 Å². The first kappa shape index (κ1) is 23.3. The molecule has 34 heavy (non-hydrogen) atoms. The number of hydrogen-bond acceptors (Lipinski definition) is 7. The third-order valence-electron chi connectivity index (χ3n) is 5.38. The molecule has 0 saturated carbocycles. The van der Waals surface area contributed by atoms with E-state index >= 15 is 0 Å². The van der Waals surface area contributed by atoms with Gasteiger partial charge >= 0.3 is 5.97 Å². The molecule has 0 bridgehead atoms. The summed E-state index contributed by atoms with van der Waals surface area (Å²) in [6.45, 7) is 8.16. The summed E-state index contributed by atoms with van der Waals surface area (Å²) in [6.07, 6.45) is 3.33. The highest BCUT2D eigenvalue weighted by Crippen LogP contribution is 2.27. The molecule has 0 aliphatic carbocycles. The van der Waals surface area contributed by atoms with Crippen molar-refractivity contribution in [2.75, 3.05) is 12.9 Å². The number of allylic oxidation sites excluding steroid dienone is 1. The van der Waals surface area contributed by atoms with E-state index in [1.54, 1.807) is 30.5 Å². The molecule has 4 rings (SSSR count). The van der Waals surface area contributed by atoms with Gasteiger partial charge in [-0.15, -0.1) is 16.8 Å². The first-order valence-corrected chi connectivity index (χ1v) is 11.5. The van der Waals surface area contributed by atoms with Gasteiger partial charge in [-0.05, 0) is 56.3 Å². The standard InChI is InChI=1S/C25H24N4O4S/c1-5-12-28-23(22-7-6-13-33-22)26-27-25(28)34-15-21(30)20-14-16(2)29(17(20)3)19-10-8-18(9-11-19)24(31)32-4/h5-11,13-14H,1,12,15H2,2-4H3. The molecule has 4 aromatic rings. The molecule has 3 heterocycles. The van der Waals surface area contributed by atoms with Crippen molar-refractivity contribution in [3.63, 3.8) is 0 Å². The van der Waals surface area contributed by atoms with Crippen molar-refractivity contribution in [1.82, 2.24) is 19.3 Å². The fourth-order valence-corrected chi connectivity index (χ4v) is 4.62. The summed E-state index contributed by atoms with van der Waals surface area (Å²) in [4.78, 5) is 24.8. The van der Waals surface area contributed by atoms with E-state index in [0.29, 0.717) is 34.4 Å². The topological polar surface area (TPSA) is 92.2 Å². The molecule has 0 aliphatic rings. The first-order chi connectivity index (χ1) is 16.4. The number of carbonyl (C=O) groups is 2. The van der Waals surface area contributed by atoms with Crippen LogP contribution in [0, 0.1) is 13.8 Å². The monoisotopic (exact) mass is 476 g/mol. The number of aromatic nitrogens is 4. The molecule has 9 heteroatoms.